The molecule has 0 saturated carbocycles. The van der Waals surface area contributed by atoms with Crippen LogP contribution < -0.4 is 0 Å². The molecule has 116 valence electrons. The number of hydrogen-bond acceptors (Lipinski definition) is 5. The molecule has 0 aromatic heterocycles. The van der Waals surface area contributed by atoms with Crippen molar-refractivity contribution in [3.05, 3.63) is 35.9 Å². The highest BCUT2D eigenvalue weighted by Crippen LogP contribution is 2.28. The zero-order chi connectivity index (χ0) is 16.2. The second kappa shape index (κ2) is 6.76. The van der Waals surface area contributed by atoms with Gasteiger partial charge in [-0.25, -0.2) is 13.2 Å². The Morgan fingerprint density at radius 1 is 1.38 bits per heavy atom. The summed E-state index contributed by atoms with van der Waals surface area (Å²) in [4.78, 5) is 11.3. The number of aromatic hydroxyl groups is 1. The lowest BCUT2D eigenvalue weighted by Gasteiger charge is -2.11. The van der Waals surface area contributed by atoms with Crippen molar-refractivity contribution in [2.45, 2.75) is 31.6 Å². The van der Waals surface area contributed by atoms with Gasteiger partial charge in [0.2, 0.25) is 0 Å². The Hall–Kier alpha value is -1.82. The largest absolute Gasteiger partial charge is 0.508 e. The van der Waals surface area contributed by atoms with E-state index in [1.807, 2.05) is 13.8 Å². The number of rotatable bonds is 6. The van der Waals surface area contributed by atoms with Gasteiger partial charge in [-0.3, -0.25) is 0 Å². The average Bonchev–Trinajstić information content (AvgIpc) is 2.38. The van der Waals surface area contributed by atoms with E-state index in [-0.39, 0.29) is 34.5 Å². The Balaban J connectivity index is 2.86. The average molecular weight is 312 g/mol. The predicted molar refractivity (Wildman–Crippen MR) is 80.0 cm³/mol. The van der Waals surface area contributed by atoms with Crippen LogP contribution in [0.5, 0.6) is 5.75 Å². The smallest absolute Gasteiger partial charge is 0.333 e. The Bertz CT molecular complexity index is 644. The SMILES string of the molecule is C=C(C)C(=O)OCCS(=O)(=O)c1ccc(O)c(C(C)C)c1. The molecular weight excluding hydrogens is 292 g/mol. The molecule has 1 aromatic carbocycles. The highest BCUT2D eigenvalue weighted by Gasteiger charge is 2.18. The Kier molecular flexibility index (Phi) is 5.54. The van der Waals surface area contributed by atoms with Crippen LogP contribution in [0, 0.1) is 0 Å². The summed E-state index contributed by atoms with van der Waals surface area (Å²) < 4.78 is 29.1. The number of hydrogen-bond donors (Lipinski definition) is 1. The lowest BCUT2D eigenvalue weighted by molar-refractivity contribution is -0.138. The number of sulfone groups is 1. The van der Waals surface area contributed by atoms with Crippen molar-refractivity contribution in [1.82, 2.24) is 0 Å². The van der Waals surface area contributed by atoms with Crippen molar-refractivity contribution in [3.63, 3.8) is 0 Å². The maximum absolute atomic E-state index is 12.2. The van der Waals surface area contributed by atoms with E-state index in [0.717, 1.165) is 0 Å². The maximum Gasteiger partial charge on any atom is 0.333 e. The first-order valence-electron chi connectivity index (χ1n) is 6.53. The zero-order valence-electron chi connectivity index (χ0n) is 12.4. The number of phenols is 1. The molecule has 0 spiro atoms. The summed E-state index contributed by atoms with van der Waals surface area (Å²) in [7, 11) is -3.57. The minimum atomic E-state index is -3.57. The number of esters is 1. The fourth-order valence-electron chi connectivity index (χ4n) is 1.67. The molecule has 1 N–H and O–H groups in total. The van der Waals surface area contributed by atoms with E-state index < -0.39 is 15.8 Å². The third-order valence-corrected chi connectivity index (χ3v) is 4.59. The van der Waals surface area contributed by atoms with Crippen LogP contribution in [-0.4, -0.2) is 31.9 Å². The van der Waals surface area contributed by atoms with Crippen LogP contribution in [0.1, 0.15) is 32.3 Å². The van der Waals surface area contributed by atoms with Gasteiger partial charge in [0.05, 0.1) is 10.6 Å². The number of benzene rings is 1. The second-order valence-electron chi connectivity index (χ2n) is 5.11. The number of phenolic OH excluding ortho intramolecular Hbond substituents is 1. The molecule has 21 heavy (non-hydrogen) atoms. The van der Waals surface area contributed by atoms with E-state index in [1.165, 1.54) is 25.1 Å². The molecular formula is C15H20O5S. The second-order valence-corrected chi connectivity index (χ2v) is 7.22. The van der Waals surface area contributed by atoms with Gasteiger partial charge in [-0.2, -0.15) is 0 Å². The first-order chi connectivity index (χ1) is 9.65. The van der Waals surface area contributed by atoms with Crippen LogP contribution >= 0.6 is 0 Å². The fraction of sp³-hybridized carbons (Fsp3) is 0.400. The van der Waals surface area contributed by atoms with Crippen LogP contribution in [0.3, 0.4) is 0 Å². The molecule has 0 atom stereocenters. The topological polar surface area (TPSA) is 80.7 Å². The first-order valence-corrected chi connectivity index (χ1v) is 8.18. The summed E-state index contributed by atoms with van der Waals surface area (Å²) in [5.74, 6) is -0.855. The van der Waals surface area contributed by atoms with Gasteiger partial charge in [0.15, 0.2) is 9.84 Å². The van der Waals surface area contributed by atoms with Crippen molar-refractivity contribution in [2.24, 2.45) is 0 Å². The van der Waals surface area contributed by atoms with E-state index >= 15 is 0 Å². The van der Waals surface area contributed by atoms with Gasteiger partial charge in [-0.05, 0) is 36.6 Å². The fourth-order valence-corrected chi connectivity index (χ4v) is 2.79. The standard InChI is InChI=1S/C15H20O5S/c1-10(2)13-9-12(5-6-14(13)16)21(18,19)8-7-20-15(17)11(3)4/h5-6,9-10,16H,3,7-8H2,1-2,4H3. The van der Waals surface area contributed by atoms with Crippen LogP contribution in [0.25, 0.3) is 0 Å². The van der Waals surface area contributed by atoms with Crippen molar-refractivity contribution in [1.29, 1.82) is 0 Å². The van der Waals surface area contributed by atoms with Gasteiger partial charge in [0.25, 0.3) is 0 Å². The molecule has 0 fully saturated rings. The predicted octanol–water partition coefficient (Wildman–Crippen LogP) is 2.41. The summed E-state index contributed by atoms with van der Waals surface area (Å²) in [5.41, 5.74) is 0.786. The highest BCUT2D eigenvalue weighted by molar-refractivity contribution is 7.91. The summed E-state index contributed by atoms with van der Waals surface area (Å²) in [6, 6.07) is 4.16. The van der Waals surface area contributed by atoms with E-state index in [1.54, 1.807) is 0 Å². The number of carbonyl (C=O) groups excluding carboxylic acids is 1. The van der Waals surface area contributed by atoms with E-state index in [4.69, 9.17) is 4.74 Å². The molecule has 0 bridgehead atoms. The summed E-state index contributed by atoms with van der Waals surface area (Å²) in [6.45, 7) is 8.40. The summed E-state index contributed by atoms with van der Waals surface area (Å²) in [6.07, 6.45) is 0. The Labute approximate surface area is 125 Å². The van der Waals surface area contributed by atoms with E-state index in [0.29, 0.717) is 5.56 Å². The van der Waals surface area contributed by atoms with Crippen LogP contribution in [0.2, 0.25) is 0 Å². The molecule has 0 amide bonds. The van der Waals surface area contributed by atoms with Crippen molar-refractivity contribution in [3.8, 4) is 5.75 Å². The number of carbonyl (C=O) groups is 1. The van der Waals surface area contributed by atoms with Gasteiger partial charge in [-0.1, -0.05) is 20.4 Å². The summed E-state index contributed by atoms with van der Waals surface area (Å²) in [5, 5.41) is 9.71. The molecule has 0 aliphatic carbocycles. The van der Waals surface area contributed by atoms with Crippen molar-refractivity contribution in [2.75, 3.05) is 12.4 Å². The molecule has 0 saturated heterocycles. The molecule has 1 rings (SSSR count). The molecule has 1 aromatic rings. The molecule has 0 radical (unpaired) electrons. The van der Waals surface area contributed by atoms with E-state index in [2.05, 4.69) is 6.58 Å². The molecule has 5 nitrogen and oxygen atoms in total. The molecule has 0 aliphatic heterocycles. The van der Waals surface area contributed by atoms with Crippen molar-refractivity contribution >= 4 is 15.8 Å². The van der Waals surface area contributed by atoms with Gasteiger partial charge in [-0.15, -0.1) is 0 Å². The molecule has 0 heterocycles. The van der Waals surface area contributed by atoms with Gasteiger partial charge in [0, 0.05) is 5.57 Å². The maximum atomic E-state index is 12.2. The summed E-state index contributed by atoms with van der Waals surface area (Å²) >= 11 is 0. The Morgan fingerprint density at radius 2 is 2.00 bits per heavy atom. The third-order valence-electron chi connectivity index (χ3n) is 2.91. The quantitative estimate of drug-likeness (QED) is 0.644. The van der Waals surface area contributed by atoms with Crippen LogP contribution in [0.15, 0.2) is 35.2 Å². The number of ether oxygens (including phenoxy) is 1. The Morgan fingerprint density at radius 3 is 2.52 bits per heavy atom. The first kappa shape index (κ1) is 17.2. The van der Waals surface area contributed by atoms with E-state index in [9.17, 15) is 18.3 Å². The monoisotopic (exact) mass is 312 g/mol. The normalized spacial score (nSPS) is 11.4. The lowest BCUT2D eigenvalue weighted by Crippen LogP contribution is -2.16. The molecule has 0 aliphatic rings. The van der Waals surface area contributed by atoms with Crippen LogP contribution in [-0.2, 0) is 19.4 Å². The van der Waals surface area contributed by atoms with Crippen LogP contribution in [0.4, 0.5) is 0 Å². The minimum absolute atomic E-state index is 0.00129. The van der Waals surface area contributed by atoms with Gasteiger partial charge >= 0.3 is 5.97 Å². The minimum Gasteiger partial charge on any atom is -0.508 e. The van der Waals surface area contributed by atoms with Gasteiger partial charge < -0.3 is 9.84 Å². The third kappa shape index (κ3) is 4.60. The molecule has 0 unspecified atom stereocenters. The lowest BCUT2D eigenvalue weighted by atomic mass is 10.0. The molecule has 6 heteroatoms. The van der Waals surface area contributed by atoms with Gasteiger partial charge in [0.1, 0.15) is 12.4 Å². The van der Waals surface area contributed by atoms with Crippen molar-refractivity contribution < 1.29 is 23.1 Å². The zero-order valence-corrected chi connectivity index (χ0v) is 13.2. The highest BCUT2D eigenvalue weighted by atomic mass is 32.2.